The SMILES string of the molecule is C=C[C@H]1COC2(CCCC3=Cc4c(cnn4-c4ccc(F)cc4)C[C@@]32C)O1. The lowest BCUT2D eigenvalue weighted by Crippen LogP contribution is -2.53. The number of fused-ring (bicyclic) bond motifs is 3. The Labute approximate surface area is 158 Å². The highest BCUT2D eigenvalue weighted by atomic mass is 19.1. The fraction of sp³-hybridized carbons (Fsp3) is 0.409. The van der Waals surface area contributed by atoms with Crippen LogP contribution in [0.2, 0.25) is 0 Å². The van der Waals surface area contributed by atoms with Gasteiger partial charge < -0.3 is 9.47 Å². The molecule has 4 nitrogen and oxygen atoms in total. The number of hydrogen-bond acceptors (Lipinski definition) is 3. The summed E-state index contributed by atoms with van der Waals surface area (Å²) in [5.41, 5.74) is 4.23. The normalized spacial score (nSPS) is 32.1. The van der Waals surface area contributed by atoms with Crippen LogP contribution in [0.1, 0.15) is 37.4 Å². The molecule has 1 saturated carbocycles. The molecule has 0 N–H and O–H groups in total. The Bertz CT molecular complexity index is 932. The van der Waals surface area contributed by atoms with Crippen LogP contribution in [-0.4, -0.2) is 28.3 Å². The fourth-order valence-corrected chi connectivity index (χ4v) is 4.87. The van der Waals surface area contributed by atoms with Gasteiger partial charge >= 0.3 is 0 Å². The summed E-state index contributed by atoms with van der Waals surface area (Å²) in [7, 11) is 0. The second kappa shape index (κ2) is 5.88. The average molecular weight is 366 g/mol. The number of nitrogens with zero attached hydrogens (tertiary/aromatic N) is 2. The van der Waals surface area contributed by atoms with E-state index in [1.165, 1.54) is 23.3 Å². The predicted octanol–water partition coefficient (Wildman–Crippen LogP) is 4.44. The number of halogens is 1. The second-order valence-corrected chi connectivity index (χ2v) is 7.93. The van der Waals surface area contributed by atoms with Crippen LogP contribution < -0.4 is 0 Å². The summed E-state index contributed by atoms with van der Waals surface area (Å²) in [5, 5.41) is 4.58. The van der Waals surface area contributed by atoms with Crippen molar-refractivity contribution in [3.63, 3.8) is 0 Å². The Hall–Kier alpha value is -2.24. The first-order valence-corrected chi connectivity index (χ1v) is 9.53. The van der Waals surface area contributed by atoms with Crippen molar-refractivity contribution in [1.29, 1.82) is 0 Å². The molecule has 2 aromatic rings. The molecule has 3 atom stereocenters. The number of rotatable bonds is 2. The van der Waals surface area contributed by atoms with Gasteiger partial charge in [0.05, 0.1) is 24.2 Å². The molecule has 3 aliphatic rings. The lowest BCUT2D eigenvalue weighted by atomic mass is 9.62. The molecular weight excluding hydrogens is 343 g/mol. The maximum Gasteiger partial charge on any atom is 0.178 e. The van der Waals surface area contributed by atoms with Crippen LogP contribution >= 0.6 is 0 Å². The summed E-state index contributed by atoms with van der Waals surface area (Å²) in [4.78, 5) is 0. The summed E-state index contributed by atoms with van der Waals surface area (Å²) in [6.45, 7) is 6.68. The van der Waals surface area contributed by atoms with Gasteiger partial charge in [0.25, 0.3) is 0 Å². The van der Waals surface area contributed by atoms with E-state index in [1.807, 2.05) is 17.0 Å². The molecular formula is C22H23FN2O2. The van der Waals surface area contributed by atoms with E-state index in [-0.39, 0.29) is 17.3 Å². The Morgan fingerprint density at radius 2 is 2.15 bits per heavy atom. The Kier molecular flexibility index (Phi) is 3.68. The lowest BCUT2D eigenvalue weighted by molar-refractivity contribution is -0.239. The van der Waals surface area contributed by atoms with Crippen LogP contribution in [0.15, 0.2) is 48.7 Å². The fourth-order valence-electron chi connectivity index (χ4n) is 4.87. The molecule has 2 fully saturated rings. The van der Waals surface area contributed by atoms with Crippen LogP contribution in [0, 0.1) is 11.2 Å². The molecule has 0 amide bonds. The first kappa shape index (κ1) is 16.9. The Balaban J connectivity index is 1.57. The van der Waals surface area contributed by atoms with E-state index in [9.17, 15) is 4.39 Å². The van der Waals surface area contributed by atoms with Gasteiger partial charge in [-0.3, -0.25) is 0 Å². The largest absolute Gasteiger partial charge is 0.346 e. The van der Waals surface area contributed by atoms with Gasteiger partial charge in [0, 0.05) is 11.8 Å². The molecule has 1 aliphatic heterocycles. The van der Waals surface area contributed by atoms with Crippen molar-refractivity contribution in [2.45, 2.75) is 44.5 Å². The van der Waals surface area contributed by atoms with Gasteiger partial charge in [-0.1, -0.05) is 18.6 Å². The topological polar surface area (TPSA) is 36.3 Å². The zero-order valence-electron chi connectivity index (χ0n) is 15.5. The molecule has 27 heavy (non-hydrogen) atoms. The smallest absolute Gasteiger partial charge is 0.178 e. The molecule has 5 rings (SSSR count). The molecule has 1 saturated heterocycles. The summed E-state index contributed by atoms with van der Waals surface area (Å²) >= 11 is 0. The second-order valence-electron chi connectivity index (χ2n) is 7.93. The molecule has 1 unspecified atom stereocenters. The molecule has 5 heteroatoms. The van der Waals surface area contributed by atoms with Gasteiger partial charge in [-0.25, -0.2) is 9.07 Å². The minimum Gasteiger partial charge on any atom is -0.346 e. The van der Waals surface area contributed by atoms with Crippen LogP contribution in [-0.2, 0) is 15.9 Å². The van der Waals surface area contributed by atoms with E-state index in [0.29, 0.717) is 6.61 Å². The molecule has 0 bridgehead atoms. The highest BCUT2D eigenvalue weighted by molar-refractivity contribution is 5.62. The lowest BCUT2D eigenvalue weighted by Gasteiger charge is -2.51. The first-order valence-electron chi connectivity index (χ1n) is 9.53. The maximum atomic E-state index is 13.3. The van der Waals surface area contributed by atoms with E-state index >= 15 is 0 Å². The van der Waals surface area contributed by atoms with Crippen molar-refractivity contribution < 1.29 is 13.9 Å². The predicted molar refractivity (Wildman–Crippen MR) is 101 cm³/mol. The number of benzene rings is 1. The zero-order chi connectivity index (χ0) is 18.6. The summed E-state index contributed by atoms with van der Waals surface area (Å²) in [6.07, 6.45) is 9.71. The minimum absolute atomic E-state index is 0.0514. The van der Waals surface area contributed by atoms with Crippen molar-refractivity contribution in [3.05, 3.63) is 65.8 Å². The zero-order valence-corrected chi connectivity index (χ0v) is 15.5. The van der Waals surface area contributed by atoms with Gasteiger partial charge in [-0.05, 0) is 55.2 Å². The number of hydrogen-bond donors (Lipinski definition) is 0. The summed E-state index contributed by atoms with van der Waals surface area (Å²) in [6, 6.07) is 6.45. The highest BCUT2D eigenvalue weighted by Gasteiger charge is 2.59. The van der Waals surface area contributed by atoms with E-state index in [4.69, 9.17) is 9.47 Å². The third-order valence-corrected chi connectivity index (χ3v) is 6.40. The van der Waals surface area contributed by atoms with Gasteiger partial charge in [0.15, 0.2) is 5.79 Å². The highest BCUT2D eigenvalue weighted by Crippen LogP contribution is 2.57. The van der Waals surface area contributed by atoms with Gasteiger partial charge in [-0.15, -0.1) is 6.58 Å². The Morgan fingerprint density at radius 1 is 1.33 bits per heavy atom. The summed E-state index contributed by atoms with van der Waals surface area (Å²) < 4.78 is 27.8. The van der Waals surface area contributed by atoms with Gasteiger partial charge in [-0.2, -0.15) is 5.10 Å². The third kappa shape index (κ3) is 2.38. The van der Waals surface area contributed by atoms with Gasteiger partial charge in [0.2, 0.25) is 0 Å². The van der Waals surface area contributed by atoms with Crippen molar-refractivity contribution in [2.24, 2.45) is 5.41 Å². The van der Waals surface area contributed by atoms with E-state index in [0.717, 1.165) is 37.1 Å². The third-order valence-electron chi connectivity index (χ3n) is 6.40. The molecule has 1 aromatic heterocycles. The van der Waals surface area contributed by atoms with Crippen LogP contribution in [0.5, 0.6) is 0 Å². The number of ether oxygens (including phenoxy) is 2. The van der Waals surface area contributed by atoms with Crippen LogP contribution in [0.4, 0.5) is 4.39 Å². The maximum absolute atomic E-state index is 13.3. The number of aromatic nitrogens is 2. The standard InChI is InChI=1S/C22H23FN2O2/c1-3-19-14-26-22(27-19)10-4-5-16-11-20-15(12-21(16,22)2)13-24-25(20)18-8-6-17(23)7-9-18/h3,6-9,11,13,19H,1,4-5,10,12,14H2,2H3/t19-,21-,22?/m0/s1. The van der Waals surface area contributed by atoms with Gasteiger partial charge in [0.1, 0.15) is 11.9 Å². The van der Waals surface area contributed by atoms with Crippen LogP contribution in [0.3, 0.4) is 0 Å². The molecule has 1 spiro atoms. The summed E-state index contributed by atoms with van der Waals surface area (Å²) in [5.74, 6) is -0.835. The monoisotopic (exact) mass is 366 g/mol. The molecule has 2 heterocycles. The molecule has 0 radical (unpaired) electrons. The quantitative estimate of drug-likeness (QED) is 0.738. The Morgan fingerprint density at radius 3 is 2.89 bits per heavy atom. The molecule has 140 valence electrons. The van der Waals surface area contributed by atoms with Crippen molar-refractivity contribution >= 4 is 6.08 Å². The minimum atomic E-state index is -0.592. The average Bonchev–Trinajstić information content (AvgIpc) is 3.27. The van der Waals surface area contributed by atoms with Crippen LogP contribution in [0.25, 0.3) is 11.8 Å². The molecule has 1 aromatic carbocycles. The van der Waals surface area contributed by atoms with E-state index in [1.54, 1.807) is 12.1 Å². The van der Waals surface area contributed by atoms with Crippen molar-refractivity contribution in [2.75, 3.05) is 6.61 Å². The van der Waals surface area contributed by atoms with Crippen molar-refractivity contribution in [1.82, 2.24) is 9.78 Å². The van der Waals surface area contributed by atoms with E-state index in [2.05, 4.69) is 24.7 Å². The van der Waals surface area contributed by atoms with Crippen molar-refractivity contribution in [3.8, 4) is 5.69 Å². The first-order chi connectivity index (χ1) is 13.0. The van der Waals surface area contributed by atoms with E-state index < -0.39 is 5.79 Å². The molecule has 2 aliphatic carbocycles.